The third-order valence-corrected chi connectivity index (χ3v) is 5.75. The number of amides is 2. The number of rotatable bonds is 5. The van der Waals surface area contributed by atoms with E-state index in [1.807, 2.05) is 20.8 Å². The van der Waals surface area contributed by atoms with Gasteiger partial charge >= 0.3 is 12.4 Å². The second kappa shape index (κ2) is 8.78. The molecule has 0 radical (unpaired) electrons. The molecule has 0 atom stereocenters. The van der Waals surface area contributed by atoms with Crippen LogP contribution in [0.1, 0.15) is 33.6 Å². The van der Waals surface area contributed by atoms with E-state index in [9.17, 15) is 26.4 Å². The van der Waals surface area contributed by atoms with Crippen LogP contribution in [0.4, 0.5) is 18.0 Å². The van der Waals surface area contributed by atoms with Crippen LogP contribution in [0, 0.1) is 5.92 Å². The Morgan fingerprint density at radius 3 is 2.17 bits per heavy atom. The Morgan fingerprint density at radius 2 is 1.69 bits per heavy atom. The zero-order chi connectivity index (χ0) is 21.9. The van der Waals surface area contributed by atoms with E-state index >= 15 is 0 Å². The van der Waals surface area contributed by atoms with Crippen molar-refractivity contribution in [3.05, 3.63) is 24.3 Å². The zero-order valence-corrected chi connectivity index (χ0v) is 17.4. The average Bonchev–Trinajstić information content (AvgIpc) is 2.58. The maximum Gasteiger partial charge on any atom is 0.573 e. The van der Waals surface area contributed by atoms with Gasteiger partial charge in [0.15, 0.2) is 0 Å². The topological polar surface area (TPSA) is 87.7 Å². The van der Waals surface area contributed by atoms with Crippen LogP contribution in [0.3, 0.4) is 0 Å². The highest BCUT2D eigenvalue weighted by Gasteiger charge is 2.31. The van der Waals surface area contributed by atoms with Crippen molar-refractivity contribution in [1.29, 1.82) is 0 Å². The highest BCUT2D eigenvalue weighted by Crippen LogP contribution is 2.24. The number of ether oxygens (including phenoxy) is 1. The van der Waals surface area contributed by atoms with Crippen molar-refractivity contribution in [2.45, 2.75) is 50.4 Å². The zero-order valence-electron chi connectivity index (χ0n) is 16.5. The Hall–Kier alpha value is -2.01. The van der Waals surface area contributed by atoms with Gasteiger partial charge in [0, 0.05) is 25.2 Å². The number of alkyl halides is 3. The number of sulfonamides is 1. The number of carbonyl (C=O) groups excluding carboxylic acids is 1. The van der Waals surface area contributed by atoms with Crippen molar-refractivity contribution in [2.24, 2.45) is 5.92 Å². The predicted octanol–water partition coefficient (Wildman–Crippen LogP) is 3.08. The molecule has 1 heterocycles. The molecule has 0 spiro atoms. The lowest BCUT2D eigenvalue weighted by Crippen LogP contribution is -2.51. The number of benzene rings is 1. The van der Waals surface area contributed by atoms with Gasteiger partial charge in [-0.05, 0) is 63.8 Å². The fraction of sp³-hybridized carbons (Fsp3) is 0.611. The number of carbonyl (C=O) groups is 1. The van der Waals surface area contributed by atoms with Crippen molar-refractivity contribution >= 4 is 16.1 Å². The molecule has 1 aliphatic heterocycles. The normalized spacial score (nSPS) is 16.6. The minimum Gasteiger partial charge on any atom is -0.406 e. The number of hydrogen-bond donors (Lipinski definition) is 2. The van der Waals surface area contributed by atoms with E-state index in [4.69, 9.17) is 0 Å². The fourth-order valence-electron chi connectivity index (χ4n) is 2.87. The second-order valence-electron chi connectivity index (χ2n) is 7.98. The van der Waals surface area contributed by atoms with Gasteiger partial charge in [0.2, 0.25) is 10.0 Å². The summed E-state index contributed by atoms with van der Waals surface area (Å²) >= 11 is 0. The number of nitrogens with one attached hydrogen (secondary N) is 2. The first-order chi connectivity index (χ1) is 13.3. The average molecular weight is 437 g/mol. The van der Waals surface area contributed by atoms with E-state index in [-0.39, 0.29) is 28.9 Å². The molecule has 7 nitrogen and oxygen atoms in total. The molecule has 1 aliphatic rings. The molecular weight excluding hydrogens is 411 g/mol. The van der Waals surface area contributed by atoms with Crippen LogP contribution < -0.4 is 14.8 Å². The number of likely N-dealkylation sites (tertiary alicyclic amines) is 1. The molecule has 2 N–H and O–H groups in total. The van der Waals surface area contributed by atoms with Crippen LogP contribution in [-0.2, 0) is 10.0 Å². The quantitative estimate of drug-likeness (QED) is 0.741. The minimum atomic E-state index is -4.84. The van der Waals surface area contributed by atoms with E-state index in [1.165, 1.54) is 0 Å². The highest BCUT2D eigenvalue weighted by molar-refractivity contribution is 7.89. The molecule has 0 unspecified atom stereocenters. The van der Waals surface area contributed by atoms with Gasteiger partial charge < -0.3 is 15.0 Å². The van der Waals surface area contributed by atoms with Gasteiger partial charge in [-0.2, -0.15) is 0 Å². The Balaban J connectivity index is 1.84. The van der Waals surface area contributed by atoms with Crippen molar-refractivity contribution in [2.75, 3.05) is 19.6 Å². The molecule has 1 aromatic carbocycles. The van der Waals surface area contributed by atoms with E-state index in [0.29, 0.717) is 25.9 Å². The molecule has 2 amide bonds. The van der Waals surface area contributed by atoms with Gasteiger partial charge in [0.1, 0.15) is 5.75 Å². The molecule has 1 saturated heterocycles. The maximum atomic E-state index is 12.4. The predicted molar refractivity (Wildman–Crippen MR) is 101 cm³/mol. The summed E-state index contributed by atoms with van der Waals surface area (Å²) in [5.74, 6) is -0.423. The number of piperidine rings is 1. The molecular formula is C18H26F3N3O4S. The molecule has 1 aromatic rings. The van der Waals surface area contributed by atoms with Crippen molar-refractivity contribution in [3.63, 3.8) is 0 Å². The smallest absolute Gasteiger partial charge is 0.406 e. The minimum absolute atomic E-state index is 0.0660. The first kappa shape index (κ1) is 23.3. The third kappa shape index (κ3) is 7.73. The van der Waals surface area contributed by atoms with E-state index in [1.54, 1.807) is 4.90 Å². The summed E-state index contributed by atoms with van der Waals surface area (Å²) in [4.78, 5) is 13.7. The molecule has 0 aromatic heterocycles. The number of hydrogen-bond acceptors (Lipinski definition) is 4. The Bertz CT molecular complexity index is 797. The Labute approximate surface area is 168 Å². The molecule has 0 bridgehead atoms. The van der Waals surface area contributed by atoms with Gasteiger partial charge in [0.25, 0.3) is 0 Å². The summed E-state index contributed by atoms with van der Waals surface area (Å²) in [7, 11) is -3.85. The lowest BCUT2D eigenvalue weighted by Gasteiger charge is -2.34. The van der Waals surface area contributed by atoms with E-state index < -0.39 is 22.1 Å². The molecule has 11 heteroatoms. The van der Waals surface area contributed by atoms with Crippen LogP contribution in [0.25, 0.3) is 0 Å². The summed E-state index contributed by atoms with van der Waals surface area (Å²) in [6, 6.07) is 3.88. The lowest BCUT2D eigenvalue weighted by molar-refractivity contribution is -0.274. The summed E-state index contributed by atoms with van der Waals surface area (Å²) in [5.41, 5.74) is -0.329. The second-order valence-corrected chi connectivity index (χ2v) is 9.75. The number of halogens is 3. The largest absolute Gasteiger partial charge is 0.573 e. The standard InChI is InChI=1S/C18H26F3N3O4S/c1-17(2,3)23-16(25)24-10-8-13(9-11-24)12-22-29(26,27)15-6-4-14(5-7-15)28-18(19,20)21/h4-7,13,22H,8-12H2,1-3H3,(H,23,25). The Kier molecular flexibility index (Phi) is 7.05. The van der Waals surface area contributed by atoms with Crippen LogP contribution in [-0.4, -0.2) is 50.9 Å². The molecule has 0 saturated carbocycles. The maximum absolute atomic E-state index is 12.4. The summed E-state index contributed by atoms with van der Waals surface area (Å²) in [5, 5.41) is 2.89. The van der Waals surface area contributed by atoms with Crippen molar-refractivity contribution in [1.82, 2.24) is 14.9 Å². The fourth-order valence-corrected chi connectivity index (χ4v) is 3.99. The molecule has 1 fully saturated rings. The highest BCUT2D eigenvalue weighted by atomic mass is 32.2. The summed E-state index contributed by atoms with van der Waals surface area (Å²) < 4.78 is 67.5. The lowest BCUT2D eigenvalue weighted by atomic mass is 9.97. The Morgan fingerprint density at radius 1 is 1.14 bits per heavy atom. The third-order valence-electron chi connectivity index (χ3n) is 4.31. The number of urea groups is 1. The SMILES string of the molecule is CC(C)(C)NC(=O)N1CCC(CNS(=O)(=O)c2ccc(OC(F)(F)F)cc2)CC1. The van der Waals surface area contributed by atoms with Gasteiger partial charge in [-0.15, -0.1) is 13.2 Å². The van der Waals surface area contributed by atoms with Gasteiger partial charge in [-0.1, -0.05) is 0 Å². The van der Waals surface area contributed by atoms with Gasteiger partial charge in [0.05, 0.1) is 4.90 Å². The summed E-state index contributed by atoms with van der Waals surface area (Å²) in [6.45, 7) is 6.93. The van der Waals surface area contributed by atoms with Crippen molar-refractivity contribution < 1.29 is 31.1 Å². The van der Waals surface area contributed by atoms with Gasteiger partial charge in [-0.25, -0.2) is 17.9 Å². The first-order valence-corrected chi connectivity index (χ1v) is 10.7. The molecule has 2 rings (SSSR count). The van der Waals surface area contributed by atoms with Crippen LogP contribution in [0.2, 0.25) is 0 Å². The molecule has 164 valence electrons. The monoisotopic (exact) mass is 437 g/mol. The molecule has 29 heavy (non-hydrogen) atoms. The van der Waals surface area contributed by atoms with E-state index in [0.717, 1.165) is 24.3 Å². The first-order valence-electron chi connectivity index (χ1n) is 9.18. The van der Waals surface area contributed by atoms with Crippen LogP contribution >= 0.6 is 0 Å². The van der Waals surface area contributed by atoms with Crippen LogP contribution in [0.15, 0.2) is 29.2 Å². The van der Waals surface area contributed by atoms with Gasteiger partial charge in [-0.3, -0.25) is 0 Å². The van der Waals surface area contributed by atoms with Crippen molar-refractivity contribution in [3.8, 4) is 5.75 Å². The van der Waals surface area contributed by atoms with E-state index in [2.05, 4.69) is 14.8 Å². The summed E-state index contributed by atoms with van der Waals surface area (Å²) in [6.07, 6.45) is -3.53. The molecule has 0 aliphatic carbocycles. The van der Waals surface area contributed by atoms with Crippen LogP contribution in [0.5, 0.6) is 5.75 Å². The number of nitrogens with zero attached hydrogens (tertiary/aromatic N) is 1.